The highest BCUT2D eigenvalue weighted by atomic mass is 32.1. The van der Waals surface area contributed by atoms with E-state index in [2.05, 4.69) is 22.5 Å². The Labute approximate surface area is 165 Å². The first-order chi connectivity index (χ1) is 13.4. The molecule has 0 saturated carbocycles. The molecule has 0 bridgehead atoms. The maximum Gasteiger partial charge on any atom is 0.273 e. The van der Waals surface area contributed by atoms with E-state index < -0.39 is 0 Å². The molecule has 0 unspecified atom stereocenters. The topological polar surface area (TPSA) is 75.2 Å². The van der Waals surface area contributed by atoms with Gasteiger partial charge in [-0.05, 0) is 30.3 Å². The minimum Gasteiger partial charge on any atom is -0.384 e. The minimum atomic E-state index is -0.330. The first kappa shape index (κ1) is 19.4. The highest BCUT2D eigenvalue weighted by Gasteiger charge is 2.12. The predicted octanol–water partition coefficient (Wildman–Crippen LogP) is 4.16. The third kappa shape index (κ3) is 4.12. The Balaban J connectivity index is 2.12. The molecule has 1 amide bonds. The average molecular weight is 398 g/mol. The molecule has 28 heavy (non-hydrogen) atoms. The molecule has 0 radical (unpaired) electrons. The maximum absolute atomic E-state index is 13.4. The molecule has 0 fully saturated rings. The molecule has 1 aromatic carbocycles. The summed E-state index contributed by atoms with van der Waals surface area (Å²) in [5, 5.41) is 10.9. The zero-order valence-electron chi connectivity index (χ0n) is 15.4. The highest BCUT2D eigenvalue weighted by Crippen LogP contribution is 2.35. The molecule has 0 aliphatic rings. The van der Waals surface area contributed by atoms with E-state index >= 15 is 0 Å². The number of nitrogens with zero attached hydrogens (tertiary/aromatic N) is 1. The molecule has 2 heterocycles. The minimum absolute atomic E-state index is 0.155. The number of aryl methyl sites for hydroxylation is 1. The normalized spacial score (nSPS) is 10.4. The Morgan fingerprint density at radius 2 is 2.04 bits per heavy atom. The van der Waals surface area contributed by atoms with E-state index in [1.54, 1.807) is 44.6 Å². The van der Waals surface area contributed by atoms with Crippen LogP contribution in [0.25, 0.3) is 11.1 Å². The lowest BCUT2D eigenvalue weighted by Crippen LogP contribution is -2.19. The molecule has 0 aliphatic heterocycles. The molecule has 3 rings (SSSR count). The standard InChI is InChI=1S/C20H19FN4O2S/c1-4-18(26)23-14-5-6-16(24-19-8-13(21)11-28-19)15(9-14)12-7-17(22-2)20(27)25(3)10-12/h4-11,22,24H,1H2,2-3H3,(H,23,26). The molecular formula is C20H19FN4O2S. The van der Waals surface area contributed by atoms with Crippen molar-refractivity contribution >= 4 is 39.3 Å². The Morgan fingerprint density at radius 1 is 1.25 bits per heavy atom. The number of amides is 1. The van der Waals surface area contributed by atoms with Gasteiger partial charge in [0.25, 0.3) is 5.56 Å². The van der Waals surface area contributed by atoms with E-state index in [0.29, 0.717) is 22.1 Å². The summed E-state index contributed by atoms with van der Waals surface area (Å²) in [4.78, 5) is 23.9. The Bertz CT molecular complexity index is 1100. The monoisotopic (exact) mass is 398 g/mol. The van der Waals surface area contributed by atoms with Crippen molar-refractivity contribution in [3.63, 3.8) is 0 Å². The van der Waals surface area contributed by atoms with Crippen molar-refractivity contribution in [1.82, 2.24) is 4.57 Å². The molecule has 0 aliphatic carbocycles. The lowest BCUT2D eigenvalue weighted by molar-refractivity contribution is -0.111. The van der Waals surface area contributed by atoms with Gasteiger partial charge in [0.15, 0.2) is 0 Å². The van der Waals surface area contributed by atoms with Gasteiger partial charge in [-0.2, -0.15) is 0 Å². The lowest BCUT2D eigenvalue weighted by Gasteiger charge is -2.15. The molecular weight excluding hydrogens is 379 g/mol. The maximum atomic E-state index is 13.4. The van der Waals surface area contributed by atoms with E-state index in [9.17, 15) is 14.0 Å². The summed E-state index contributed by atoms with van der Waals surface area (Å²) in [5.41, 5.74) is 3.05. The van der Waals surface area contributed by atoms with Crippen molar-refractivity contribution in [2.75, 3.05) is 23.0 Å². The van der Waals surface area contributed by atoms with Crippen LogP contribution in [0.1, 0.15) is 0 Å². The van der Waals surface area contributed by atoms with E-state index in [0.717, 1.165) is 11.1 Å². The number of carbonyl (C=O) groups excluding carboxylic acids is 1. The number of anilines is 4. The molecule has 0 spiro atoms. The quantitative estimate of drug-likeness (QED) is 0.545. The van der Waals surface area contributed by atoms with Crippen LogP contribution in [0.4, 0.5) is 26.5 Å². The van der Waals surface area contributed by atoms with Crippen LogP contribution in [0.15, 0.2) is 59.4 Å². The fourth-order valence-corrected chi connectivity index (χ4v) is 3.37. The smallest absolute Gasteiger partial charge is 0.273 e. The summed E-state index contributed by atoms with van der Waals surface area (Å²) in [5.74, 6) is -0.646. The summed E-state index contributed by atoms with van der Waals surface area (Å²) in [7, 11) is 3.34. The van der Waals surface area contributed by atoms with E-state index in [1.807, 2.05) is 0 Å². The molecule has 8 heteroatoms. The fraction of sp³-hybridized carbons (Fsp3) is 0.100. The van der Waals surface area contributed by atoms with Crippen molar-refractivity contribution in [1.29, 1.82) is 0 Å². The highest BCUT2D eigenvalue weighted by molar-refractivity contribution is 7.14. The number of aromatic nitrogens is 1. The van der Waals surface area contributed by atoms with Crippen molar-refractivity contribution < 1.29 is 9.18 Å². The van der Waals surface area contributed by atoms with Crippen LogP contribution in [-0.4, -0.2) is 17.5 Å². The van der Waals surface area contributed by atoms with Crippen LogP contribution in [0.3, 0.4) is 0 Å². The van der Waals surface area contributed by atoms with Gasteiger partial charge in [-0.25, -0.2) is 4.39 Å². The first-order valence-electron chi connectivity index (χ1n) is 8.38. The van der Waals surface area contributed by atoms with Gasteiger partial charge in [0.2, 0.25) is 5.91 Å². The third-order valence-corrected chi connectivity index (χ3v) is 4.88. The van der Waals surface area contributed by atoms with Gasteiger partial charge in [0.1, 0.15) is 11.5 Å². The van der Waals surface area contributed by atoms with Gasteiger partial charge < -0.3 is 20.5 Å². The molecule has 144 valence electrons. The van der Waals surface area contributed by atoms with Crippen molar-refractivity contribution in [3.8, 4) is 11.1 Å². The fourth-order valence-electron chi connectivity index (χ4n) is 2.71. The number of nitrogens with one attached hydrogen (secondary N) is 3. The molecule has 0 atom stereocenters. The lowest BCUT2D eigenvalue weighted by atomic mass is 10.0. The van der Waals surface area contributed by atoms with Crippen molar-refractivity contribution in [2.24, 2.45) is 7.05 Å². The zero-order chi connectivity index (χ0) is 20.3. The van der Waals surface area contributed by atoms with Crippen LogP contribution in [0.5, 0.6) is 0 Å². The van der Waals surface area contributed by atoms with Gasteiger partial charge in [0.05, 0.1) is 5.00 Å². The molecule has 3 N–H and O–H groups in total. The van der Waals surface area contributed by atoms with Gasteiger partial charge in [-0.15, -0.1) is 11.3 Å². The van der Waals surface area contributed by atoms with Gasteiger partial charge >= 0.3 is 0 Å². The van der Waals surface area contributed by atoms with Gasteiger partial charge in [-0.3, -0.25) is 9.59 Å². The number of thiophene rings is 1. The average Bonchev–Trinajstić information content (AvgIpc) is 3.09. The Hall–Kier alpha value is -3.39. The van der Waals surface area contributed by atoms with Crippen LogP contribution in [0.2, 0.25) is 0 Å². The van der Waals surface area contributed by atoms with Crippen LogP contribution < -0.4 is 21.5 Å². The third-order valence-electron chi connectivity index (χ3n) is 4.06. The number of carbonyl (C=O) groups is 1. The van der Waals surface area contributed by atoms with E-state index in [4.69, 9.17) is 0 Å². The second kappa shape index (κ2) is 8.10. The van der Waals surface area contributed by atoms with Crippen LogP contribution in [-0.2, 0) is 11.8 Å². The number of halogens is 1. The van der Waals surface area contributed by atoms with E-state index in [-0.39, 0.29) is 17.3 Å². The number of rotatable bonds is 6. The molecule has 3 aromatic rings. The molecule has 2 aromatic heterocycles. The van der Waals surface area contributed by atoms with Gasteiger partial charge in [0, 0.05) is 54.2 Å². The number of hydrogen-bond acceptors (Lipinski definition) is 5. The summed E-state index contributed by atoms with van der Waals surface area (Å²) >= 11 is 1.24. The largest absolute Gasteiger partial charge is 0.384 e. The Morgan fingerprint density at radius 3 is 2.68 bits per heavy atom. The second-order valence-corrected chi connectivity index (χ2v) is 6.93. The number of hydrogen-bond donors (Lipinski definition) is 3. The first-order valence-corrected chi connectivity index (χ1v) is 9.26. The zero-order valence-corrected chi connectivity index (χ0v) is 16.2. The number of benzene rings is 1. The summed E-state index contributed by atoms with van der Waals surface area (Å²) in [6.07, 6.45) is 2.89. The number of pyridine rings is 1. The van der Waals surface area contributed by atoms with Crippen LogP contribution >= 0.6 is 11.3 Å². The molecule has 0 saturated heterocycles. The summed E-state index contributed by atoms with van der Waals surface area (Å²) in [6.45, 7) is 3.45. The van der Waals surface area contributed by atoms with E-state index in [1.165, 1.54) is 33.4 Å². The van der Waals surface area contributed by atoms with Gasteiger partial charge in [-0.1, -0.05) is 6.58 Å². The summed E-state index contributed by atoms with van der Waals surface area (Å²) < 4.78 is 14.8. The molecule has 6 nitrogen and oxygen atoms in total. The van der Waals surface area contributed by atoms with Crippen molar-refractivity contribution in [3.05, 3.63) is 70.7 Å². The Kier molecular flexibility index (Phi) is 5.60. The van der Waals surface area contributed by atoms with Crippen LogP contribution in [0, 0.1) is 5.82 Å². The van der Waals surface area contributed by atoms with Crippen molar-refractivity contribution in [2.45, 2.75) is 0 Å². The second-order valence-electron chi connectivity index (χ2n) is 6.02. The SMILES string of the molecule is C=CC(=O)Nc1ccc(Nc2cc(F)cs2)c(-c2cc(NC)c(=O)n(C)c2)c1. The summed E-state index contributed by atoms with van der Waals surface area (Å²) in [6, 6.07) is 8.44. The predicted molar refractivity (Wildman–Crippen MR) is 113 cm³/mol.